The van der Waals surface area contributed by atoms with E-state index in [0.29, 0.717) is 6.54 Å². The molecule has 5 heteroatoms. The van der Waals surface area contributed by atoms with Crippen molar-refractivity contribution < 1.29 is 4.79 Å². The Balaban J connectivity index is 1.64. The Morgan fingerprint density at radius 1 is 1.41 bits per heavy atom. The highest BCUT2D eigenvalue weighted by molar-refractivity contribution is 5.78. The highest BCUT2D eigenvalue weighted by atomic mass is 16.1. The summed E-state index contributed by atoms with van der Waals surface area (Å²) in [4.78, 5) is 16.5. The molecule has 0 aliphatic heterocycles. The molecular weight excluding hydrogens is 276 g/mol. The molecule has 22 heavy (non-hydrogen) atoms. The molecule has 2 aromatic heterocycles. The van der Waals surface area contributed by atoms with Gasteiger partial charge in [-0.1, -0.05) is 18.2 Å². The molecular formula is C17H20N4O. The number of hydrogen-bond donors (Lipinski definition) is 1. The summed E-state index contributed by atoms with van der Waals surface area (Å²) in [6, 6.07) is 7.77. The van der Waals surface area contributed by atoms with Gasteiger partial charge in [0, 0.05) is 19.2 Å². The fourth-order valence-electron chi connectivity index (χ4n) is 2.72. The van der Waals surface area contributed by atoms with Crippen LogP contribution in [0.3, 0.4) is 0 Å². The van der Waals surface area contributed by atoms with Crippen LogP contribution >= 0.6 is 0 Å². The van der Waals surface area contributed by atoms with Crippen molar-refractivity contribution in [2.75, 3.05) is 0 Å². The third kappa shape index (κ3) is 3.24. The second kappa shape index (κ2) is 6.56. The van der Waals surface area contributed by atoms with Gasteiger partial charge in [0.15, 0.2) is 0 Å². The number of hydrogen-bond acceptors (Lipinski definition) is 3. The zero-order valence-corrected chi connectivity index (χ0v) is 12.7. The fourth-order valence-corrected chi connectivity index (χ4v) is 2.72. The van der Waals surface area contributed by atoms with Crippen LogP contribution in [0.25, 0.3) is 11.4 Å². The van der Waals surface area contributed by atoms with Crippen LogP contribution in [0.15, 0.2) is 42.6 Å². The Morgan fingerprint density at radius 3 is 3.05 bits per heavy atom. The molecule has 2 aromatic rings. The maximum atomic E-state index is 12.1. The number of allylic oxidation sites excluding steroid dienone is 2. The summed E-state index contributed by atoms with van der Waals surface area (Å²) in [6.07, 6.45) is 8.76. The molecule has 0 aromatic carbocycles. The average molecular weight is 296 g/mol. The van der Waals surface area contributed by atoms with Crippen LogP contribution in [0, 0.1) is 5.92 Å². The largest absolute Gasteiger partial charge is 0.350 e. The standard InChI is InChI=1S/C17H20N4O/c1-21-16(15-9-5-6-10-18-15)11-14(20-21)12-19-17(22)13-7-3-2-4-8-13/h2-3,5-6,9-11,13H,4,7-8,12H2,1H3,(H,19,22)/t13-/m0/s1. The molecule has 0 fully saturated rings. The van der Waals surface area contributed by atoms with Crippen LogP contribution < -0.4 is 5.32 Å². The summed E-state index contributed by atoms with van der Waals surface area (Å²) < 4.78 is 1.80. The number of nitrogens with zero attached hydrogens (tertiary/aromatic N) is 3. The summed E-state index contributed by atoms with van der Waals surface area (Å²) in [7, 11) is 1.89. The van der Waals surface area contributed by atoms with Gasteiger partial charge in [-0.3, -0.25) is 14.5 Å². The van der Waals surface area contributed by atoms with Crippen LogP contribution in [0.1, 0.15) is 25.0 Å². The zero-order valence-electron chi connectivity index (χ0n) is 12.7. The lowest BCUT2D eigenvalue weighted by molar-refractivity contribution is -0.125. The molecule has 1 N–H and O–H groups in total. The van der Waals surface area contributed by atoms with Crippen molar-refractivity contribution in [1.29, 1.82) is 0 Å². The SMILES string of the molecule is Cn1nc(CNC(=O)[C@H]2CC=CCC2)cc1-c1ccccn1. The molecule has 0 unspecified atom stereocenters. The molecule has 0 radical (unpaired) electrons. The van der Waals surface area contributed by atoms with E-state index in [1.54, 1.807) is 10.9 Å². The number of rotatable bonds is 4. The van der Waals surface area contributed by atoms with Crippen molar-refractivity contribution in [2.24, 2.45) is 13.0 Å². The van der Waals surface area contributed by atoms with Crippen LogP contribution in [0.4, 0.5) is 0 Å². The van der Waals surface area contributed by atoms with E-state index >= 15 is 0 Å². The second-order valence-electron chi connectivity index (χ2n) is 5.56. The van der Waals surface area contributed by atoms with E-state index in [1.807, 2.05) is 31.3 Å². The predicted molar refractivity (Wildman–Crippen MR) is 84.8 cm³/mol. The quantitative estimate of drug-likeness (QED) is 0.882. The van der Waals surface area contributed by atoms with E-state index in [2.05, 4.69) is 27.6 Å². The molecule has 3 rings (SSSR count). The van der Waals surface area contributed by atoms with Gasteiger partial charge in [0.1, 0.15) is 0 Å². The number of carbonyl (C=O) groups is 1. The number of aryl methyl sites for hydroxylation is 1. The zero-order chi connectivity index (χ0) is 15.4. The minimum absolute atomic E-state index is 0.101. The molecule has 1 atom stereocenters. The van der Waals surface area contributed by atoms with Crippen molar-refractivity contribution in [1.82, 2.24) is 20.1 Å². The second-order valence-corrected chi connectivity index (χ2v) is 5.56. The van der Waals surface area contributed by atoms with E-state index in [-0.39, 0.29) is 11.8 Å². The van der Waals surface area contributed by atoms with E-state index < -0.39 is 0 Å². The molecule has 0 spiro atoms. The first-order valence-corrected chi connectivity index (χ1v) is 7.61. The molecule has 114 valence electrons. The minimum Gasteiger partial charge on any atom is -0.350 e. The molecule has 0 bridgehead atoms. The van der Waals surface area contributed by atoms with Gasteiger partial charge in [0.25, 0.3) is 0 Å². The van der Waals surface area contributed by atoms with E-state index in [9.17, 15) is 4.79 Å². The monoisotopic (exact) mass is 296 g/mol. The van der Waals surface area contributed by atoms with Gasteiger partial charge in [0.05, 0.1) is 23.6 Å². The summed E-state index contributed by atoms with van der Waals surface area (Å²) in [5.41, 5.74) is 2.68. The van der Waals surface area contributed by atoms with Crippen molar-refractivity contribution in [3.05, 3.63) is 48.3 Å². The molecule has 1 amide bonds. The number of amides is 1. The first kappa shape index (κ1) is 14.5. The van der Waals surface area contributed by atoms with Crippen LogP contribution in [-0.2, 0) is 18.4 Å². The fraction of sp³-hybridized carbons (Fsp3) is 0.353. The maximum Gasteiger partial charge on any atom is 0.223 e. The highest BCUT2D eigenvalue weighted by Crippen LogP contribution is 2.19. The van der Waals surface area contributed by atoms with Gasteiger partial charge in [-0.2, -0.15) is 5.10 Å². The number of aromatic nitrogens is 3. The molecule has 1 aliphatic carbocycles. The number of carbonyl (C=O) groups excluding carboxylic acids is 1. The van der Waals surface area contributed by atoms with E-state index in [4.69, 9.17) is 0 Å². The van der Waals surface area contributed by atoms with Gasteiger partial charge in [-0.05, 0) is 37.5 Å². The Hall–Kier alpha value is -2.43. The van der Waals surface area contributed by atoms with Gasteiger partial charge in [-0.25, -0.2) is 0 Å². The Kier molecular flexibility index (Phi) is 4.32. The molecule has 0 saturated carbocycles. The maximum absolute atomic E-state index is 12.1. The average Bonchev–Trinajstić information content (AvgIpc) is 2.95. The molecule has 5 nitrogen and oxygen atoms in total. The van der Waals surface area contributed by atoms with Gasteiger partial charge >= 0.3 is 0 Å². The van der Waals surface area contributed by atoms with Gasteiger partial charge in [0.2, 0.25) is 5.91 Å². The normalized spacial score (nSPS) is 17.4. The van der Waals surface area contributed by atoms with Crippen molar-refractivity contribution >= 4 is 5.91 Å². The lowest BCUT2D eigenvalue weighted by atomic mass is 9.94. The minimum atomic E-state index is 0.101. The number of pyridine rings is 1. The topological polar surface area (TPSA) is 59.8 Å². The van der Waals surface area contributed by atoms with E-state index in [0.717, 1.165) is 36.3 Å². The summed E-state index contributed by atoms with van der Waals surface area (Å²) >= 11 is 0. The molecule has 1 aliphatic rings. The van der Waals surface area contributed by atoms with Crippen molar-refractivity contribution in [3.8, 4) is 11.4 Å². The van der Waals surface area contributed by atoms with Crippen molar-refractivity contribution in [2.45, 2.75) is 25.8 Å². The Labute approximate surface area is 130 Å². The van der Waals surface area contributed by atoms with Crippen LogP contribution in [0.5, 0.6) is 0 Å². The summed E-state index contributed by atoms with van der Waals surface area (Å²) in [6.45, 7) is 0.458. The highest BCUT2D eigenvalue weighted by Gasteiger charge is 2.18. The lowest BCUT2D eigenvalue weighted by Crippen LogP contribution is -2.30. The Morgan fingerprint density at radius 2 is 2.32 bits per heavy atom. The third-order valence-electron chi connectivity index (χ3n) is 3.94. The first-order valence-electron chi connectivity index (χ1n) is 7.61. The summed E-state index contributed by atoms with van der Waals surface area (Å²) in [5.74, 6) is 0.221. The van der Waals surface area contributed by atoms with Crippen LogP contribution in [-0.4, -0.2) is 20.7 Å². The summed E-state index contributed by atoms with van der Waals surface area (Å²) in [5, 5.41) is 7.44. The van der Waals surface area contributed by atoms with Crippen molar-refractivity contribution in [3.63, 3.8) is 0 Å². The smallest absolute Gasteiger partial charge is 0.223 e. The predicted octanol–water partition coefficient (Wildman–Crippen LogP) is 2.45. The number of nitrogens with one attached hydrogen (secondary N) is 1. The third-order valence-corrected chi connectivity index (χ3v) is 3.94. The van der Waals surface area contributed by atoms with Crippen LogP contribution in [0.2, 0.25) is 0 Å². The molecule has 0 saturated heterocycles. The lowest BCUT2D eigenvalue weighted by Gasteiger charge is -2.16. The van der Waals surface area contributed by atoms with Gasteiger partial charge < -0.3 is 5.32 Å². The van der Waals surface area contributed by atoms with Gasteiger partial charge in [-0.15, -0.1) is 0 Å². The Bertz CT molecular complexity index is 675. The first-order chi connectivity index (χ1) is 10.7. The molecule has 2 heterocycles. The van der Waals surface area contributed by atoms with E-state index in [1.165, 1.54) is 0 Å².